The molecule has 0 aromatic heterocycles. The van der Waals surface area contributed by atoms with Crippen LogP contribution in [0.1, 0.15) is 25.0 Å². The summed E-state index contributed by atoms with van der Waals surface area (Å²) >= 11 is 0. The van der Waals surface area contributed by atoms with E-state index < -0.39 is 0 Å². The summed E-state index contributed by atoms with van der Waals surface area (Å²) in [5, 5.41) is 3.50. The second-order valence-electron chi connectivity index (χ2n) is 4.91. The summed E-state index contributed by atoms with van der Waals surface area (Å²) in [7, 11) is 0. The molecule has 98 valence electrons. The van der Waals surface area contributed by atoms with E-state index in [0.29, 0.717) is 0 Å². The molecule has 0 aliphatic carbocycles. The summed E-state index contributed by atoms with van der Waals surface area (Å²) in [5.74, 6) is 0. The fraction of sp³-hybridized carbons (Fsp3) is 0.222. The van der Waals surface area contributed by atoms with Gasteiger partial charge in [0.15, 0.2) is 0 Å². The highest BCUT2D eigenvalue weighted by molar-refractivity contribution is 5.23. The zero-order valence-electron chi connectivity index (χ0n) is 11.7. The van der Waals surface area contributed by atoms with E-state index in [9.17, 15) is 0 Å². The molecule has 0 spiro atoms. The number of hydrogen-bond acceptors (Lipinski definition) is 1. The van der Waals surface area contributed by atoms with E-state index in [2.05, 4.69) is 73.8 Å². The molecule has 0 saturated heterocycles. The molecule has 0 aliphatic rings. The van der Waals surface area contributed by atoms with E-state index in [1.165, 1.54) is 22.4 Å². The van der Waals surface area contributed by atoms with E-state index in [-0.39, 0.29) is 0 Å². The van der Waals surface area contributed by atoms with Crippen molar-refractivity contribution in [2.75, 3.05) is 0 Å². The Balaban J connectivity index is 1.94. The molecule has 2 rings (SSSR count). The molecule has 1 heteroatoms. The predicted octanol–water partition coefficient (Wildman–Crippen LogP) is 4.31. The van der Waals surface area contributed by atoms with Gasteiger partial charge in [0.25, 0.3) is 0 Å². The zero-order chi connectivity index (χ0) is 13.5. The van der Waals surface area contributed by atoms with Crippen molar-refractivity contribution in [2.45, 2.75) is 26.8 Å². The topological polar surface area (TPSA) is 12.0 Å². The van der Waals surface area contributed by atoms with Crippen LogP contribution in [-0.4, -0.2) is 0 Å². The van der Waals surface area contributed by atoms with Gasteiger partial charge in [-0.25, -0.2) is 0 Å². The van der Waals surface area contributed by atoms with Gasteiger partial charge in [-0.05, 0) is 31.4 Å². The van der Waals surface area contributed by atoms with Gasteiger partial charge in [0.05, 0.1) is 0 Å². The van der Waals surface area contributed by atoms with Crippen molar-refractivity contribution in [3.05, 3.63) is 83.1 Å². The summed E-state index contributed by atoms with van der Waals surface area (Å²) < 4.78 is 0. The Kier molecular flexibility index (Phi) is 4.79. The quantitative estimate of drug-likeness (QED) is 0.834. The normalized spacial score (nSPS) is 11.9. The van der Waals surface area contributed by atoms with Gasteiger partial charge in [-0.15, -0.1) is 0 Å². The average molecular weight is 251 g/mol. The van der Waals surface area contributed by atoms with Crippen LogP contribution in [-0.2, 0) is 13.0 Å². The summed E-state index contributed by atoms with van der Waals surface area (Å²) in [6.45, 7) is 5.24. The lowest BCUT2D eigenvalue weighted by molar-refractivity contribution is 0.791. The first-order chi connectivity index (χ1) is 9.25. The van der Waals surface area contributed by atoms with Crippen LogP contribution in [0.4, 0.5) is 0 Å². The highest BCUT2D eigenvalue weighted by Crippen LogP contribution is 2.10. The average Bonchev–Trinajstić information content (AvgIpc) is 2.47. The summed E-state index contributed by atoms with van der Waals surface area (Å²) in [4.78, 5) is 0. The molecule has 0 radical (unpaired) electrons. The molecule has 0 fully saturated rings. The summed E-state index contributed by atoms with van der Waals surface area (Å²) in [6.07, 6.45) is 1.01. The van der Waals surface area contributed by atoms with Crippen LogP contribution in [0, 0.1) is 0 Å². The number of rotatable bonds is 5. The molecule has 2 aromatic rings. The van der Waals surface area contributed by atoms with E-state index in [4.69, 9.17) is 0 Å². The van der Waals surface area contributed by atoms with Crippen LogP contribution in [0.15, 0.2) is 71.9 Å². The van der Waals surface area contributed by atoms with Crippen molar-refractivity contribution >= 4 is 0 Å². The Bertz CT molecular complexity index is 526. The van der Waals surface area contributed by atoms with Gasteiger partial charge >= 0.3 is 0 Å². The Labute approximate surface area is 116 Å². The Morgan fingerprint density at radius 3 is 1.89 bits per heavy atom. The van der Waals surface area contributed by atoms with Gasteiger partial charge < -0.3 is 5.32 Å². The van der Waals surface area contributed by atoms with Gasteiger partial charge in [-0.1, -0.05) is 66.2 Å². The molecule has 0 unspecified atom stereocenters. The number of benzene rings is 2. The molecule has 0 aliphatic heterocycles. The molecular formula is C18H21N. The minimum absolute atomic E-state index is 0.888. The maximum atomic E-state index is 3.50. The molecule has 0 bridgehead atoms. The van der Waals surface area contributed by atoms with Gasteiger partial charge in [0.2, 0.25) is 0 Å². The fourth-order valence-electron chi connectivity index (χ4n) is 2.02. The molecule has 2 aromatic carbocycles. The first-order valence-electron chi connectivity index (χ1n) is 6.74. The number of hydrogen-bond donors (Lipinski definition) is 1. The van der Waals surface area contributed by atoms with Crippen LogP contribution < -0.4 is 5.32 Å². The van der Waals surface area contributed by atoms with Crippen LogP contribution in [0.2, 0.25) is 0 Å². The smallest absolute Gasteiger partial charge is 0.0397 e. The minimum atomic E-state index is 0.888. The molecule has 1 N–H and O–H groups in total. The van der Waals surface area contributed by atoms with E-state index in [1.807, 2.05) is 6.07 Å². The third kappa shape index (κ3) is 4.29. The molecular weight excluding hydrogens is 230 g/mol. The highest BCUT2D eigenvalue weighted by atomic mass is 14.9. The van der Waals surface area contributed by atoms with E-state index in [0.717, 1.165) is 13.0 Å². The van der Waals surface area contributed by atoms with Crippen molar-refractivity contribution < 1.29 is 0 Å². The molecule has 0 atom stereocenters. The SMILES string of the molecule is C/C(Cc1ccccc1)=C(\C)NCc1ccccc1. The van der Waals surface area contributed by atoms with Crippen LogP contribution in [0.3, 0.4) is 0 Å². The van der Waals surface area contributed by atoms with Crippen molar-refractivity contribution in [1.29, 1.82) is 0 Å². The van der Waals surface area contributed by atoms with Crippen LogP contribution in [0.5, 0.6) is 0 Å². The van der Waals surface area contributed by atoms with Crippen LogP contribution in [0.25, 0.3) is 0 Å². The summed E-state index contributed by atoms with van der Waals surface area (Å²) in [6, 6.07) is 21.1. The zero-order valence-corrected chi connectivity index (χ0v) is 11.7. The Hall–Kier alpha value is -2.02. The molecule has 1 nitrogen and oxygen atoms in total. The molecule has 0 amide bonds. The molecule has 0 heterocycles. The lowest BCUT2D eigenvalue weighted by Gasteiger charge is -2.11. The monoisotopic (exact) mass is 251 g/mol. The lowest BCUT2D eigenvalue weighted by Crippen LogP contribution is -2.12. The van der Waals surface area contributed by atoms with Crippen molar-refractivity contribution in [3.8, 4) is 0 Å². The second kappa shape index (κ2) is 6.79. The van der Waals surface area contributed by atoms with Crippen LogP contribution >= 0.6 is 0 Å². The third-order valence-electron chi connectivity index (χ3n) is 3.35. The minimum Gasteiger partial charge on any atom is -0.385 e. The maximum absolute atomic E-state index is 3.50. The maximum Gasteiger partial charge on any atom is 0.0397 e. The highest BCUT2D eigenvalue weighted by Gasteiger charge is 1.99. The molecule has 0 saturated carbocycles. The first-order valence-corrected chi connectivity index (χ1v) is 6.74. The number of nitrogens with one attached hydrogen (secondary N) is 1. The van der Waals surface area contributed by atoms with Gasteiger partial charge in [-0.2, -0.15) is 0 Å². The Morgan fingerprint density at radius 1 is 0.789 bits per heavy atom. The van der Waals surface area contributed by atoms with Crippen molar-refractivity contribution in [2.24, 2.45) is 0 Å². The fourth-order valence-corrected chi connectivity index (χ4v) is 2.02. The largest absolute Gasteiger partial charge is 0.385 e. The summed E-state index contributed by atoms with van der Waals surface area (Å²) in [5.41, 5.74) is 5.34. The van der Waals surface area contributed by atoms with Crippen molar-refractivity contribution in [3.63, 3.8) is 0 Å². The van der Waals surface area contributed by atoms with Gasteiger partial charge in [-0.3, -0.25) is 0 Å². The Morgan fingerprint density at radius 2 is 1.32 bits per heavy atom. The third-order valence-corrected chi connectivity index (χ3v) is 3.35. The standard InChI is InChI=1S/C18H21N/c1-15(13-17-9-5-3-6-10-17)16(2)19-14-18-11-7-4-8-12-18/h3-12,19H,13-14H2,1-2H3/b16-15-. The van der Waals surface area contributed by atoms with Gasteiger partial charge in [0.1, 0.15) is 0 Å². The van der Waals surface area contributed by atoms with E-state index in [1.54, 1.807) is 0 Å². The second-order valence-corrected chi connectivity index (χ2v) is 4.91. The van der Waals surface area contributed by atoms with Gasteiger partial charge in [0, 0.05) is 12.2 Å². The number of allylic oxidation sites excluding steroid dienone is 2. The first kappa shape index (κ1) is 13.4. The lowest BCUT2D eigenvalue weighted by atomic mass is 10.1. The van der Waals surface area contributed by atoms with E-state index >= 15 is 0 Å². The predicted molar refractivity (Wildman–Crippen MR) is 81.8 cm³/mol. The van der Waals surface area contributed by atoms with Crippen molar-refractivity contribution in [1.82, 2.24) is 5.32 Å². The molecule has 19 heavy (non-hydrogen) atoms.